The molecule has 1 N–H and O–H groups in total. The fraction of sp³-hybridized carbons (Fsp3) is 0.111. The van der Waals surface area contributed by atoms with Gasteiger partial charge in [0.2, 0.25) is 0 Å². The zero-order valence-electron chi connectivity index (χ0n) is 12.7. The normalized spacial score (nSPS) is 11.4. The molecule has 4 aromatic rings. The number of aryl methyl sites for hydroxylation is 2. The minimum atomic E-state index is -0.0540. The summed E-state index contributed by atoms with van der Waals surface area (Å²) in [5.41, 5.74) is 3.50. The number of aromatic nitrogens is 3. The Morgan fingerprint density at radius 2 is 1.87 bits per heavy atom. The third-order valence-corrected chi connectivity index (χ3v) is 4.57. The van der Waals surface area contributed by atoms with Gasteiger partial charge in [-0.15, -0.1) is 0 Å². The van der Waals surface area contributed by atoms with Crippen molar-refractivity contribution >= 4 is 37.7 Å². The highest BCUT2D eigenvalue weighted by Gasteiger charge is 2.16. The number of benzene rings is 2. The SMILES string of the molecule is Cc1[nH]c2ccccc2c1-n1c(C)nc2ccc(Br)cc2c1=O. The van der Waals surface area contributed by atoms with Gasteiger partial charge in [0.25, 0.3) is 5.56 Å². The first kappa shape index (κ1) is 14.2. The monoisotopic (exact) mass is 367 g/mol. The Kier molecular flexibility index (Phi) is 3.13. The maximum Gasteiger partial charge on any atom is 0.266 e. The van der Waals surface area contributed by atoms with Gasteiger partial charge in [0, 0.05) is 21.1 Å². The standard InChI is InChI=1S/C18H14BrN3O/c1-10-17(13-5-3-4-6-15(13)20-10)22-11(2)21-16-8-7-12(19)9-14(16)18(22)23/h3-9,20H,1-2H3. The molecule has 4 rings (SSSR count). The molecule has 2 heterocycles. The highest BCUT2D eigenvalue weighted by Crippen LogP contribution is 2.26. The molecule has 5 heteroatoms. The summed E-state index contributed by atoms with van der Waals surface area (Å²) in [4.78, 5) is 21.0. The number of nitrogens with zero attached hydrogens (tertiary/aromatic N) is 2. The van der Waals surface area contributed by atoms with Crippen LogP contribution in [0, 0.1) is 13.8 Å². The summed E-state index contributed by atoms with van der Waals surface area (Å²) in [6, 6.07) is 13.6. The van der Waals surface area contributed by atoms with E-state index in [1.165, 1.54) is 0 Å². The topological polar surface area (TPSA) is 50.7 Å². The second-order valence-electron chi connectivity index (χ2n) is 5.61. The summed E-state index contributed by atoms with van der Waals surface area (Å²) in [6.45, 7) is 3.84. The van der Waals surface area contributed by atoms with Crippen LogP contribution in [0.4, 0.5) is 0 Å². The lowest BCUT2D eigenvalue weighted by Crippen LogP contribution is -2.22. The van der Waals surface area contributed by atoms with Crippen LogP contribution in [0.5, 0.6) is 0 Å². The summed E-state index contributed by atoms with van der Waals surface area (Å²) in [5, 5.41) is 1.63. The van der Waals surface area contributed by atoms with Crippen LogP contribution in [0.1, 0.15) is 11.5 Å². The van der Waals surface area contributed by atoms with Gasteiger partial charge in [-0.05, 0) is 38.1 Å². The second kappa shape index (κ2) is 5.06. The van der Waals surface area contributed by atoms with Crippen molar-refractivity contribution in [1.29, 1.82) is 0 Å². The molecule has 0 saturated carbocycles. The molecular weight excluding hydrogens is 354 g/mol. The highest BCUT2D eigenvalue weighted by atomic mass is 79.9. The molecule has 0 spiro atoms. The Morgan fingerprint density at radius 3 is 2.70 bits per heavy atom. The molecule has 0 radical (unpaired) electrons. The van der Waals surface area contributed by atoms with Crippen LogP contribution in [0.2, 0.25) is 0 Å². The molecule has 0 fully saturated rings. The van der Waals surface area contributed by atoms with Crippen molar-refractivity contribution in [3.05, 3.63) is 68.8 Å². The lowest BCUT2D eigenvalue weighted by Gasteiger charge is -2.11. The van der Waals surface area contributed by atoms with Crippen molar-refractivity contribution in [2.24, 2.45) is 0 Å². The lowest BCUT2D eigenvalue weighted by molar-refractivity contribution is 0.892. The Labute approximate surface area is 140 Å². The van der Waals surface area contributed by atoms with Gasteiger partial charge in [-0.1, -0.05) is 34.1 Å². The number of hydrogen-bond donors (Lipinski definition) is 1. The number of rotatable bonds is 1. The fourth-order valence-corrected chi connectivity index (χ4v) is 3.44. The summed E-state index contributed by atoms with van der Waals surface area (Å²) in [5.74, 6) is 0.678. The Balaban J connectivity index is 2.17. The molecule has 0 aliphatic carbocycles. The summed E-state index contributed by atoms with van der Waals surface area (Å²) >= 11 is 3.43. The number of H-pyrrole nitrogens is 1. The van der Waals surface area contributed by atoms with Crippen LogP contribution < -0.4 is 5.56 Å². The summed E-state index contributed by atoms with van der Waals surface area (Å²) in [7, 11) is 0. The fourth-order valence-electron chi connectivity index (χ4n) is 3.08. The smallest absolute Gasteiger partial charge is 0.266 e. The van der Waals surface area contributed by atoms with Crippen LogP contribution >= 0.6 is 15.9 Å². The van der Waals surface area contributed by atoms with Crippen molar-refractivity contribution in [2.75, 3.05) is 0 Å². The van der Waals surface area contributed by atoms with E-state index >= 15 is 0 Å². The van der Waals surface area contributed by atoms with E-state index in [-0.39, 0.29) is 5.56 Å². The van der Waals surface area contributed by atoms with Gasteiger partial charge in [-0.25, -0.2) is 4.98 Å². The first-order chi connectivity index (χ1) is 11.1. The van der Waals surface area contributed by atoms with E-state index in [2.05, 4.69) is 25.9 Å². The Bertz CT molecular complexity index is 1120. The molecule has 114 valence electrons. The quantitative estimate of drug-likeness (QED) is 0.546. The summed E-state index contributed by atoms with van der Waals surface area (Å²) in [6.07, 6.45) is 0. The predicted molar refractivity (Wildman–Crippen MR) is 96.4 cm³/mol. The van der Waals surface area contributed by atoms with Crippen molar-refractivity contribution in [3.8, 4) is 5.69 Å². The molecule has 0 aliphatic heterocycles. The average Bonchev–Trinajstić information content (AvgIpc) is 2.85. The minimum absolute atomic E-state index is 0.0540. The number of para-hydroxylation sites is 1. The van der Waals surface area contributed by atoms with E-state index in [4.69, 9.17) is 0 Å². The molecule has 23 heavy (non-hydrogen) atoms. The number of aromatic amines is 1. The third kappa shape index (κ3) is 2.11. The van der Waals surface area contributed by atoms with Crippen molar-refractivity contribution in [1.82, 2.24) is 14.5 Å². The van der Waals surface area contributed by atoms with E-state index < -0.39 is 0 Å². The van der Waals surface area contributed by atoms with Gasteiger partial charge < -0.3 is 4.98 Å². The van der Waals surface area contributed by atoms with E-state index in [1.807, 2.05) is 56.3 Å². The molecule has 0 amide bonds. The molecule has 4 nitrogen and oxygen atoms in total. The Morgan fingerprint density at radius 1 is 1.09 bits per heavy atom. The van der Waals surface area contributed by atoms with Crippen LogP contribution in [0.15, 0.2) is 51.7 Å². The average molecular weight is 368 g/mol. The number of hydrogen-bond acceptors (Lipinski definition) is 2. The van der Waals surface area contributed by atoms with Crippen molar-refractivity contribution in [3.63, 3.8) is 0 Å². The first-order valence-electron chi connectivity index (χ1n) is 7.33. The van der Waals surface area contributed by atoms with Gasteiger partial charge in [0.1, 0.15) is 5.82 Å². The molecule has 0 unspecified atom stereocenters. The minimum Gasteiger partial charge on any atom is -0.357 e. The van der Waals surface area contributed by atoms with E-state index in [1.54, 1.807) is 4.57 Å². The highest BCUT2D eigenvalue weighted by molar-refractivity contribution is 9.10. The number of fused-ring (bicyclic) bond motifs is 2. The third-order valence-electron chi connectivity index (χ3n) is 4.08. The second-order valence-corrected chi connectivity index (χ2v) is 6.52. The number of nitrogens with one attached hydrogen (secondary N) is 1. The van der Waals surface area contributed by atoms with E-state index in [9.17, 15) is 4.79 Å². The molecule has 0 saturated heterocycles. The maximum absolute atomic E-state index is 13.1. The lowest BCUT2D eigenvalue weighted by atomic mass is 10.2. The van der Waals surface area contributed by atoms with Crippen LogP contribution in [0.3, 0.4) is 0 Å². The maximum atomic E-state index is 13.1. The summed E-state index contributed by atoms with van der Waals surface area (Å²) < 4.78 is 2.57. The molecular formula is C18H14BrN3O. The molecule has 2 aromatic carbocycles. The van der Waals surface area contributed by atoms with Gasteiger partial charge in [0.15, 0.2) is 0 Å². The first-order valence-corrected chi connectivity index (χ1v) is 8.12. The molecule has 0 atom stereocenters. The van der Waals surface area contributed by atoms with Crippen molar-refractivity contribution in [2.45, 2.75) is 13.8 Å². The van der Waals surface area contributed by atoms with Crippen LogP contribution in [0.25, 0.3) is 27.5 Å². The Hall–Kier alpha value is -2.40. The van der Waals surface area contributed by atoms with Crippen LogP contribution in [-0.2, 0) is 0 Å². The van der Waals surface area contributed by atoms with Crippen LogP contribution in [-0.4, -0.2) is 14.5 Å². The predicted octanol–water partition coefficient (Wildman–Crippen LogP) is 4.25. The van der Waals surface area contributed by atoms with Gasteiger partial charge in [0.05, 0.1) is 16.6 Å². The zero-order chi connectivity index (χ0) is 16.1. The zero-order valence-corrected chi connectivity index (χ0v) is 14.3. The van der Waals surface area contributed by atoms with E-state index in [0.29, 0.717) is 16.7 Å². The molecule has 2 aromatic heterocycles. The number of halogens is 1. The van der Waals surface area contributed by atoms with E-state index in [0.717, 1.165) is 26.8 Å². The largest absolute Gasteiger partial charge is 0.357 e. The van der Waals surface area contributed by atoms with Gasteiger partial charge in [-0.3, -0.25) is 9.36 Å². The van der Waals surface area contributed by atoms with Gasteiger partial charge in [-0.2, -0.15) is 0 Å². The molecule has 0 aliphatic rings. The van der Waals surface area contributed by atoms with Crippen molar-refractivity contribution < 1.29 is 0 Å². The molecule has 0 bridgehead atoms. The van der Waals surface area contributed by atoms with Gasteiger partial charge >= 0.3 is 0 Å².